The molecule has 2 atom stereocenters. The number of imide groups is 2. The smallest absolute Gasteiger partial charge is 0.242 e. The maximum atomic E-state index is 12.3. The molecule has 0 aromatic carbocycles. The summed E-state index contributed by atoms with van der Waals surface area (Å²) >= 11 is 2.56. The van der Waals surface area contributed by atoms with Crippen molar-refractivity contribution < 1.29 is 38.4 Å². The van der Waals surface area contributed by atoms with Crippen LogP contribution < -0.4 is 21.3 Å². The SMILES string of the molecule is C=C(NC(=O)CCN1C(=O)CC(SC)C1=O)NC(=O)CC(C)CC(=O)NC(=C)NC(=O)CCN1C(=O)CC(SC)C1=O. The largest absolute Gasteiger partial charge is 0.313 e. The molecule has 0 saturated carbocycles. The lowest BCUT2D eigenvalue weighted by Crippen LogP contribution is -2.39. The molecule has 2 rings (SSSR count). The van der Waals surface area contributed by atoms with E-state index in [0.717, 1.165) is 9.80 Å². The van der Waals surface area contributed by atoms with Crippen LogP contribution in [0, 0.1) is 5.92 Å². The molecule has 0 radical (unpaired) electrons. The quantitative estimate of drug-likeness (QED) is 0.164. The molecule has 2 aliphatic rings. The van der Waals surface area contributed by atoms with E-state index in [9.17, 15) is 38.4 Å². The molecule has 0 bridgehead atoms. The van der Waals surface area contributed by atoms with E-state index >= 15 is 0 Å². The molecule has 2 saturated heterocycles. The second-order valence-electron chi connectivity index (χ2n) is 9.79. The van der Waals surface area contributed by atoms with Crippen LogP contribution in [-0.2, 0) is 38.4 Å². The van der Waals surface area contributed by atoms with Gasteiger partial charge in [0.2, 0.25) is 47.3 Å². The number of carbonyl (C=O) groups is 8. The lowest BCUT2D eigenvalue weighted by Gasteiger charge is -2.16. The standard InChI is InChI=1S/C26H36N6O8S2/c1-14(10-21(35)29-15(2)27-19(33)6-8-31-23(37)12-17(41-4)25(31)39)11-22(36)30-16(3)28-20(34)7-9-32-24(38)13-18(42-5)26(32)40/h14,17-18H,2-3,6-13H2,1,4-5H3,(H,27,33)(H,28,34)(H,29,35)(H,30,36). The van der Waals surface area contributed by atoms with E-state index in [-0.39, 0.29) is 86.9 Å². The molecule has 16 heteroatoms. The minimum Gasteiger partial charge on any atom is -0.313 e. The molecule has 0 aromatic rings. The zero-order valence-corrected chi connectivity index (χ0v) is 25.4. The topological polar surface area (TPSA) is 191 Å². The van der Waals surface area contributed by atoms with E-state index in [1.807, 2.05) is 0 Å². The first-order chi connectivity index (χ1) is 19.7. The molecule has 0 aliphatic carbocycles. The first kappa shape index (κ1) is 34.5. The van der Waals surface area contributed by atoms with Crippen LogP contribution in [0.25, 0.3) is 0 Å². The Hall–Kier alpha value is -3.66. The number of hydrogen-bond acceptors (Lipinski definition) is 10. The molecule has 2 aliphatic heterocycles. The molecule has 42 heavy (non-hydrogen) atoms. The predicted octanol–water partition coefficient (Wildman–Crippen LogP) is -0.429. The summed E-state index contributed by atoms with van der Waals surface area (Å²) in [7, 11) is 0. The van der Waals surface area contributed by atoms with Gasteiger partial charge in [-0.2, -0.15) is 23.5 Å². The summed E-state index contributed by atoms with van der Waals surface area (Å²) in [4.78, 5) is 99.2. The summed E-state index contributed by atoms with van der Waals surface area (Å²) in [5.74, 6) is -3.99. The minimum absolute atomic E-state index is 0.0733. The van der Waals surface area contributed by atoms with Crippen molar-refractivity contribution in [3.05, 3.63) is 24.8 Å². The van der Waals surface area contributed by atoms with Gasteiger partial charge in [-0.3, -0.25) is 48.2 Å². The molecule has 8 amide bonds. The van der Waals surface area contributed by atoms with E-state index in [1.54, 1.807) is 19.4 Å². The number of thioether (sulfide) groups is 2. The molecule has 4 N–H and O–H groups in total. The average molecular weight is 625 g/mol. The molecule has 0 aromatic heterocycles. The van der Waals surface area contributed by atoms with E-state index in [1.165, 1.54) is 23.5 Å². The van der Waals surface area contributed by atoms with E-state index in [0.29, 0.717) is 0 Å². The predicted molar refractivity (Wildman–Crippen MR) is 156 cm³/mol. The Bertz CT molecular complexity index is 1090. The molecule has 0 spiro atoms. The number of likely N-dealkylation sites (tertiary alicyclic amines) is 2. The second-order valence-corrected chi connectivity index (χ2v) is 11.9. The third-order valence-corrected chi connectivity index (χ3v) is 8.20. The third-order valence-electron chi connectivity index (χ3n) is 6.33. The first-order valence-corrected chi connectivity index (χ1v) is 15.6. The number of carbonyl (C=O) groups excluding carboxylic acids is 8. The van der Waals surface area contributed by atoms with E-state index < -0.39 is 40.0 Å². The van der Waals surface area contributed by atoms with E-state index in [2.05, 4.69) is 34.4 Å². The van der Waals surface area contributed by atoms with Gasteiger partial charge < -0.3 is 21.3 Å². The monoisotopic (exact) mass is 624 g/mol. The third kappa shape index (κ3) is 10.3. The highest BCUT2D eigenvalue weighted by atomic mass is 32.2. The second kappa shape index (κ2) is 16.1. The lowest BCUT2D eigenvalue weighted by atomic mass is 10.0. The van der Waals surface area contributed by atoms with Gasteiger partial charge in [-0.05, 0) is 18.4 Å². The highest BCUT2D eigenvalue weighted by Gasteiger charge is 2.38. The van der Waals surface area contributed by atoms with Crippen molar-refractivity contribution in [2.45, 2.75) is 55.9 Å². The number of nitrogens with one attached hydrogen (secondary N) is 4. The molecule has 230 valence electrons. The Kier molecular flexibility index (Phi) is 13.2. The van der Waals surface area contributed by atoms with Crippen LogP contribution in [0.15, 0.2) is 24.8 Å². The van der Waals surface area contributed by atoms with Gasteiger partial charge in [0, 0.05) is 51.6 Å². The number of amides is 8. The Morgan fingerprint density at radius 1 is 0.714 bits per heavy atom. The lowest BCUT2D eigenvalue weighted by molar-refractivity contribution is -0.140. The van der Waals surface area contributed by atoms with Crippen molar-refractivity contribution >= 4 is 70.8 Å². The van der Waals surface area contributed by atoms with Gasteiger partial charge in [-0.15, -0.1) is 0 Å². The Balaban J connectivity index is 1.64. The van der Waals surface area contributed by atoms with Gasteiger partial charge in [0.15, 0.2) is 0 Å². The molecule has 14 nitrogen and oxygen atoms in total. The fraction of sp³-hybridized carbons (Fsp3) is 0.538. The summed E-state index contributed by atoms with van der Waals surface area (Å²) in [6.07, 6.45) is 3.21. The summed E-state index contributed by atoms with van der Waals surface area (Å²) < 4.78 is 0. The summed E-state index contributed by atoms with van der Waals surface area (Å²) in [6, 6.07) is 0. The summed E-state index contributed by atoms with van der Waals surface area (Å²) in [5.41, 5.74) is 0. The maximum Gasteiger partial charge on any atom is 0.242 e. The van der Waals surface area contributed by atoms with Gasteiger partial charge in [-0.1, -0.05) is 20.1 Å². The van der Waals surface area contributed by atoms with Gasteiger partial charge in [0.25, 0.3) is 0 Å². The van der Waals surface area contributed by atoms with Crippen molar-refractivity contribution in [2.24, 2.45) is 5.92 Å². The van der Waals surface area contributed by atoms with Crippen molar-refractivity contribution in [1.82, 2.24) is 31.1 Å². The molecular weight excluding hydrogens is 588 g/mol. The molecule has 2 fully saturated rings. The highest BCUT2D eigenvalue weighted by molar-refractivity contribution is 8.00. The van der Waals surface area contributed by atoms with Crippen LogP contribution in [0.2, 0.25) is 0 Å². The minimum atomic E-state index is -0.538. The zero-order valence-electron chi connectivity index (χ0n) is 23.8. The number of rotatable bonds is 16. The van der Waals surface area contributed by atoms with Crippen LogP contribution in [0.3, 0.4) is 0 Å². The van der Waals surface area contributed by atoms with Crippen LogP contribution in [-0.4, -0.2) is 93.2 Å². The average Bonchev–Trinajstić information content (AvgIpc) is 3.32. The fourth-order valence-corrected chi connectivity index (χ4v) is 5.51. The van der Waals surface area contributed by atoms with Crippen molar-refractivity contribution in [3.63, 3.8) is 0 Å². The normalized spacial score (nSPS) is 19.0. The Morgan fingerprint density at radius 2 is 1.05 bits per heavy atom. The Labute approximate surface area is 252 Å². The Morgan fingerprint density at radius 3 is 1.36 bits per heavy atom. The van der Waals surface area contributed by atoms with Crippen LogP contribution in [0.1, 0.15) is 45.4 Å². The molecular formula is C26H36N6O8S2. The van der Waals surface area contributed by atoms with Gasteiger partial charge in [0.1, 0.15) is 11.6 Å². The van der Waals surface area contributed by atoms with Crippen molar-refractivity contribution in [1.29, 1.82) is 0 Å². The van der Waals surface area contributed by atoms with Crippen molar-refractivity contribution in [3.8, 4) is 0 Å². The van der Waals surface area contributed by atoms with Crippen molar-refractivity contribution in [2.75, 3.05) is 25.6 Å². The summed E-state index contributed by atoms with van der Waals surface area (Å²) in [6.45, 7) is 8.65. The number of hydrogen-bond donors (Lipinski definition) is 4. The van der Waals surface area contributed by atoms with Crippen LogP contribution in [0.5, 0.6) is 0 Å². The van der Waals surface area contributed by atoms with Gasteiger partial charge in [0.05, 0.1) is 10.5 Å². The van der Waals surface area contributed by atoms with E-state index in [4.69, 9.17) is 0 Å². The molecule has 2 heterocycles. The highest BCUT2D eigenvalue weighted by Crippen LogP contribution is 2.24. The summed E-state index contributed by atoms with van der Waals surface area (Å²) in [5, 5.41) is 8.75. The molecule has 2 unspecified atom stereocenters. The van der Waals surface area contributed by atoms with Crippen LogP contribution >= 0.6 is 23.5 Å². The van der Waals surface area contributed by atoms with Gasteiger partial charge in [-0.25, -0.2) is 0 Å². The van der Waals surface area contributed by atoms with Gasteiger partial charge >= 0.3 is 0 Å². The fourth-order valence-electron chi connectivity index (χ4n) is 4.24. The van der Waals surface area contributed by atoms with Crippen LogP contribution in [0.4, 0.5) is 0 Å². The maximum absolute atomic E-state index is 12.3. The number of nitrogens with zero attached hydrogens (tertiary/aromatic N) is 2. The first-order valence-electron chi connectivity index (χ1n) is 13.1. The zero-order chi connectivity index (χ0) is 31.6.